The molecule has 18 heavy (non-hydrogen) atoms. The number of hydrogen-bond donors (Lipinski definition) is 1. The molecule has 1 atom stereocenters. The fraction of sp³-hybridized carbons (Fsp3) is 0.500. The number of carbonyl (C=O) groups is 1. The van der Waals surface area contributed by atoms with Crippen LogP contribution in [0.15, 0.2) is 24.3 Å². The van der Waals surface area contributed by atoms with Crippen molar-refractivity contribution < 1.29 is 14.6 Å². The van der Waals surface area contributed by atoms with Gasteiger partial charge in [-0.1, -0.05) is 19.1 Å². The van der Waals surface area contributed by atoms with Gasteiger partial charge in [0, 0.05) is 13.1 Å². The van der Waals surface area contributed by atoms with Crippen molar-refractivity contribution in [2.45, 2.75) is 20.8 Å². The van der Waals surface area contributed by atoms with Crippen LogP contribution in [0.1, 0.15) is 20.8 Å². The van der Waals surface area contributed by atoms with Crippen LogP contribution in [-0.2, 0) is 4.79 Å². The summed E-state index contributed by atoms with van der Waals surface area (Å²) in [5, 5.41) is 8.99. The number of ether oxygens (including phenoxy) is 1. The molecule has 0 fully saturated rings. The summed E-state index contributed by atoms with van der Waals surface area (Å²) in [6.07, 6.45) is 0. The van der Waals surface area contributed by atoms with Crippen molar-refractivity contribution >= 4 is 11.7 Å². The second kappa shape index (κ2) is 6.89. The third-order valence-electron chi connectivity index (χ3n) is 2.80. The summed E-state index contributed by atoms with van der Waals surface area (Å²) in [7, 11) is 0. The molecular formula is C14H21NO3. The highest BCUT2D eigenvalue weighted by molar-refractivity contribution is 5.71. The van der Waals surface area contributed by atoms with Gasteiger partial charge >= 0.3 is 5.97 Å². The maximum absolute atomic E-state index is 10.9. The molecule has 0 saturated heterocycles. The first-order valence-corrected chi connectivity index (χ1v) is 6.29. The Kier molecular flexibility index (Phi) is 5.49. The SMILES string of the molecule is CCOc1ccccc1N(CC)CC(C)C(=O)O. The number of benzene rings is 1. The van der Waals surface area contributed by atoms with Crippen LogP contribution in [0.4, 0.5) is 5.69 Å². The summed E-state index contributed by atoms with van der Waals surface area (Å²) in [5.41, 5.74) is 0.954. The summed E-state index contributed by atoms with van der Waals surface area (Å²) >= 11 is 0. The van der Waals surface area contributed by atoms with Crippen LogP contribution < -0.4 is 9.64 Å². The standard InChI is InChI=1S/C14H21NO3/c1-4-15(10-11(3)14(16)17)12-8-6-7-9-13(12)18-5-2/h6-9,11H,4-5,10H2,1-3H3,(H,16,17). The normalized spacial score (nSPS) is 11.9. The predicted molar refractivity (Wildman–Crippen MR) is 72.3 cm³/mol. The Hall–Kier alpha value is -1.71. The molecule has 100 valence electrons. The van der Waals surface area contributed by atoms with Crippen LogP contribution in [0.25, 0.3) is 0 Å². The van der Waals surface area contributed by atoms with E-state index in [1.54, 1.807) is 6.92 Å². The van der Waals surface area contributed by atoms with Crippen LogP contribution >= 0.6 is 0 Å². The molecule has 0 aliphatic rings. The molecule has 1 N–H and O–H groups in total. The van der Waals surface area contributed by atoms with Crippen molar-refractivity contribution in [1.82, 2.24) is 0 Å². The molecule has 4 nitrogen and oxygen atoms in total. The Labute approximate surface area is 108 Å². The van der Waals surface area contributed by atoms with Crippen LogP contribution in [0.3, 0.4) is 0 Å². The molecule has 0 saturated carbocycles. The minimum atomic E-state index is -0.776. The topological polar surface area (TPSA) is 49.8 Å². The third-order valence-corrected chi connectivity index (χ3v) is 2.80. The van der Waals surface area contributed by atoms with E-state index in [9.17, 15) is 4.79 Å². The van der Waals surface area contributed by atoms with Gasteiger partial charge in [0.1, 0.15) is 5.75 Å². The van der Waals surface area contributed by atoms with E-state index in [0.717, 1.165) is 18.0 Å². The molecule has 0 spiro atoms. The molecule has 1 rings (SSSR count). The monoisotopic (exact) mass is 251 g/mol. The number of para-hydroxylation sites is 2. The third kappa shape index (κ3) is 3.65. The minimum absolute atomic E-state index is 0.403. The van der Waals surface area contributed by atoms with E-state index in [4.69, 9.17) is 9.84 Å². The molecule has 0 amide bonds. The van der Waals surface area contributed by atoms with Gasteiger partial charge in [-0.25, -0.2) is 0 Å². The molecule has 4 heteroatoms. The average Bonchev–Trinajstić information content (AvgIpc) is 2.37. The molecule has 1 aromatic rings. The zero-order valence-corrected chi connectivity index (χ0v) is 11.2. The molecule has 0 radical (unpaired) electrons. The first-order chi connectivity index (χ1) is 8.60. The fourth-order valence-electron chi connectivity index (χ4n) is 1.80. The maximum atomic E-state index is 10.9. The van der Waals surface area contributed by atoms with Gasteiger partial charge < -0.3 is 14.7 Å². The van der Waals surface area contributed by atoms with Crippen molar-refractivity contribution in [2.24, 2.45) is 5.92 Å². The van der Waals surface area contributed by atoms with Gasteiger partial charge in [0.25, 0.3) is 0 Å². The molecule has 1 unspecified atom stereocenters. The Morgan fingerprint density at radius 2 is 2.06 bits per heavy atom. The summed E-state index contributed by atoms with van der Waals surface area (Å²) in [6.45, 7) is 7.50. The lowest BCUT2D eigenvalue weighted by Gasteiger charge is -2.26. The predicted octanol–water partition coefficient (Wildman–Crippen LogP) is 2.63. The second-order valence-electron chi connectivity index (χ2n) is 4.18. The van der Waals surface area contributed by atoms with Crippen LogP contribution in [0, 0.1) is 5.92 Å². The lowest BCUT2D eigenvalue weighted by atomic mass is 10.1. The number of aliphatic carboxylic acids is 1. The van der Waals surface area contributed by atoms with E-state index in [-0.39, 0.29) is 0 Å². The van der Waals surface area contributed by atoms with Gasteiger partial charge in [-0.3, -0.25) is 4.79 Å². The van der Waals surface area contributed by atoms with E-state index in [1.807, 2.05) is 43.0 Å². The second-order valence-corrected chi connectivity index (χ2v) is 4.18. The van der Waals surface area contributed by atoms with E-state index >= 15 is 0 Å². The minimum Gasteiger partial charge on any atom is -0.492 e. The number of rotatable bonds is 7. The zero-order chi connectivity index (χ0) is 13.5. The van der Waals surface area contributed by atoms with E-state index in [1.165, 1.54) is 0 Å². The van der Waals surface area contributed by atoms with E-state index in [0.29, 0.717) is 13.2 Å². The quantitative estimate of drug-likeness (QED) is 0.809. The van der Waals surface area contributed by atoms with Crippen molar-refractivity contribution in [1.29, 1.82) is 0 Å². The number of anilines is 1. The highest BCUT2D eigenvalue weighted by Gasteiger charge is 2.17. The Bertz CT molecular complexity index is 392. The number of carboxylic acids is 1. The maximum Gasteiger partial charge on any atom is 0.308 e. The van der Waals surface area contributed by atoms with Crippen molar-refractivity contribution in [2.75, 3.05) is 24.6 Å². The number of nitrogens with zero attached hydrogens (tertiary/aromatic N) is 1. The first kappa shape index (κ1) is 14.4. The van der Waals surface area contributed by atoms with Gasteiger partial charge in [-0.15, -0.1) is 0 Å². The Morgan fingerprint density at radius 3 is 2.61 bits per heavy atom. The van der Waals surface area contributed by atoms with Crippen molar-refractivity contribution in [3.05, 3.63) is 24.3 Å². The van der Waals surface area contributed by atoms with Gasteiger partial charge in [0.2, 0.25) is 0 Å². The molecule has 1 aromatic carbocycles. The summed E-state index contributed by atoms with van der Waals surface area (Å²) in [5.74, 6) is -0.374. The largest absolute Gasteiger partial charge is 0.492 e. The van der Waals surface area contributed by atoms with Crippen LogP contribution in [0.5, 0.6) is 5.75 Å². The summed E-state index contributed by atoms with van der Waals surface area (Å²) in [6, 6.07) is 7.73. The number of hydrogen-bond acceptors (Lipinski definition) is 3. The highest BCUT2D eigenvalue weighted by atomic mass is 16.5. The molecular weight excluding hydrogens is 230 g/mol. The molecule has 0 heterocycles. The van der Waals surface area contributed by atoms with E-state index in [2.05, 4.69) is 0 Å². The highest BCUT2D eigenvalue weighted by Crippen LogP contribution is 2.28. The zero-order valence-electron chi connectivity index (χ0n) is 11.2. The lowest BCUT2D eigenvalue weighted by molar-refractivity contribution is -0.140. The molecule has 0 aliphatic heterocycles. The molecule has 0 bridgehead atoms. The number of carboxylic acid groups (broad SMARTS) is 1. The Morgan fingerprint density at radius 1 is 1.39 bits per heavy atom. The van der Waals surface area contributed by atoms with Gasteiger partial charge in [-0.2, -0.15) is 0 Å². The smallest absolute Gasteiger partial charge is 0.308 e. The average molecular weight is 251 g/mol. The summed E-state index contributed by atoms with van der Waals surface area (Å²) in [4.78, 5) is 13.0. The van der Waals surface area contributed by atoms with Crippen molar-refractivity contribution in [3.8, 4) is 5.75 Å². The molecule has 0 aliphatic carbocycles. The van der Waals surface area contributed by atoms with Gasteiger partial charge in [-0.05, 0) is 26.0 Å². The molecule has 0 aromatic heterocycles. The first-order valence-electron chi connectivity index (χ1n) is 6.29. The van der Waals surface area contributed by atoms with Gasteiger partial charge in [0.05, 0.1) is 18.2 Å². The van der Waals surface area contributed by atoms with Crippen molar-refractivity contribution in [3.63, 3.8) is 0 Å². The Balaban J connectivity index is 2.90. The fourth-order valence-corrected chi connectivity index (χ4v) is 1.80. The summed E-state index contributed by atoms with van der Waals surface area (Å²) < 4.78 is 5.57. The van der Waals surface area contributed by atoms with Crippen LogP contribution in [0.2, 0.25) is 0 Å². The van der Waals surface area contributed by atoms with E-state index < -0.39 is 11.9 Å². The van der Waals surface area contributed by atoms with Gasteiger partial charge in [0.15, 0.2) is 0 Å². The van der Waals surface area contributed by atoms with Crippen LogP contribution in [-0.4, -0.2) is 30.8 Å². The lowest BCUT2D eigenvalue weighted by Crippen LogP contribution is -2.32.